The van der Waals surface area contributed by atoms with Gasteiger partial charge in [-0.05, 0) is 84.1 Å². The molecule has 1 saturated heterocycles. The Bertz CT molecular complexity index is 1940. The first-order valence-electron chi connectivity index (χ1n) is 13.6. The second kappa shape index (κ2) is 14.9. The number of furan rings is 1. The molecule has 1 aliphatic rings. The predicted molar refractivity (Wildman–Crippen MR) is 180 cm³/mol. The summed E-state index contributed by atoms with van der Waals surface area (Å²) >= 11 is 7.39. The number of amides is 2. The molecular formula is C32H26ClN5O6S2. The Labute approximate surface area is 274 Å². The minimum atomic E-state index is -3.86. The van der Waals surface area contributed by atoms with Crippen LogP contribution in [0.25, 0.3) is 12.2 Å². The fourth-order valence-electron chi connectivity index (χ4n) is 4.09. The number of nitrogens with one attached hydrogen (secondary N) is 1. The van der Waals surface area contributed by atoms with Crippen molar-refractivity contribution in [1.29, 1.82) is 0 Å². The highest BCUT2D eigenvalue weighted by Crippen LogP contribution is 2.36. The molecule has 0 spiro atoms. The molecule has 234 valence electrons. The smallest absolute Gasteiger partial charge is 0.267 e. The maximum absolute atomic E-state index is 13.5. The molecule has 2 heterocycles. The van der Waals surface area contributed by atoms with E-state index in [0.29, 0.717) is 37.9 Å². The van der Waals surface area contributed by atoms with Gasteiger partial charge in [0.25, 0.3) is 11.8 Å². The first-order valence-corrected chi connectivity index (χ1v) is 16.3. The number of sulfonamides is 1. The number of hydrogen-bond donors (Lipinski definition) is 2. The fraction of sp³-hybridized carbons (Fsp3) is 0.0625. The standard InChI is InChI=1S/C32H26ClN5O6S2/c33-24-10-15-28(44-21-30(39)36-25-11-13-27(14-12-25)46(34,41)42)23(18-24)19-29-31(40)38(20-26-9-5-17-43-26)32(45-29)37-35-16-4-8-22-6-2-1-3-7-22/h1-19H,20-21H2,(H,36,39)(H2,34,41,42)/b8-4+,29-19-,35-16-,37-32+. The average Bonchev–Trinajstić information content (AvgIpc) is 3.65. The zero-order chi connectivity index (χ0) is 32.5. The van der Waals surface area contributed by atoms with Crippen LogP contribution in [-0.4, -0.2) is 43.1 Å². The van der Waals surface area contributed by atoms with Crippen molar-refractivity contribution in [3.63, 3.8) is 0 Å². The highest BCUT2D eigenvalue weighted by Gasteiger charge is 2.34. The van der Waals surface area contributed by atoms with Gasteiger partial charge in [0, 0.05) is 22.5 Å². The Kier molecular flexibility index (Phi) is 10.5. The zero-order valence-electron chi connectivity index (χ0n) is 23.9. The van der Waals surface area contributed by atoms with Gasteiger partial charge >= 0.3 is 0 Å². The van der Waals surface area contributed by atoms with Crippen LogP contribution in [-0.2, 0) is 26.2 Å². The van der Waals surface area contributed by atoms with Gasteiger partial charge in [-0.1, -0.05) is 48.0 Å². The number of halogens is 1. The van der Waals surface area contributed by atoms with E-state index in [9.17, 15) is 18.0 Å². The van der Waals surface area contributed by atoms with E-state index in [1.807, 2.05) is 36.4 Å². The summed E-state index contributed by atoms with van der Waals surface area (Å²) in [6.45, 7) is -0.236. The maximum Gasteiger partial charge on any atom is 0.267 e. The molecule has 1 fully saturated rings. The van der Waals surface area contributed by atoms with Crippen molar-refractivity contribution in [2.24, 2.45) is 15.3 Å². The van der Waals surface area contributed by atoms with Crippen molar-refractivity contribution in [3.05, 3.63) is 124 Å². The first-order chi connectivity index (χ1) is 22.2. The van der Waals surface area contributed by atoms with Gasteiger partial charge in [0.2, 0.25) is 10.0 Å². The number of hydrogen-bond acceptors (Lipinski definition) is 9. The molecule has 3 aromatic carbocycles. The van der Waals surface area contributed by atoms with Gasteiger partial charge in [0.15, 0.2) is 11.8 Å². The number of benzene rings is 3. The SMILES string of the molecule is NS(=O)(=O)c1ccc(NC(=O)COc2ccc(Cl)cc2/C=C2\S/C(=N/N=C\C=C\c3ccccc3)N(Cc3ccco3)C2=O)cc1. The molecule has 0 atom stereocenters. The van der Waals surface area contributed by atoms with Crippen LogP contribution in [0.4, 0.5) is 5.69 Å². The summed E-state index contributed by atoms with van der Waals surface area (Å²) in [7, 11) is -3.86. The van der Waals surface area contributed by atoms with Crippen LogP contribution >= 0.6 is 23.4 Å². The first kappa shape index (κ1) is 32.4. The second-order valence-corrected chi connectivity index (χ2v) is 12.6. The van der Waals surface area contributed by atoms with Crippen molar-refractivity contribution < 1.29 is 27.2 Å². The normalized spacial score (nSPS) is 15.4. The summed E-state index contributed by atoms with van der Waals surface area (Å²) < 4.78 is 34.2. The van der Waals surface area contributed by atoms with Crippen LogP contribution < -0.4 is 15.2 Å². The Hall–Kier alpha value is -4.95. The van der Waals surface area contributed by atoms with Crippen molar-refractivity contribution in [2.45, 2.75) is 11.4 Å². The van der Waals surface area contributed by atoms with Crippen LogP contribution in [0.2, 0.25) is 5.02 Å². The number of carbonyl (C=O) groups is 2. The Morgan fingerprint density at radius 3 is 2.57 bits per heavy atom. The summed E-state index contributed by atoms with van der Waals surface area (Å²) in [5, 5.41) is 16.9. The minimum Gasteiger partial charge on any atom is -0.483 e. The summed E-state index contributed by atoms with van der Waals surface area (Å²) in [4.78, 5) is 27.8. The van der Waals surface area contributed by atoms with Gasteiger partial charge in [-0.3, -0.25) is 14.5 Å². The molecule has 0 unspecified atom stereocenters. The molecule has 46 heavy (non-hydrogen) atoms. The highest BCUT2D eigenvalue weighted by molar-refractivity contribution is 8.18. The third-order valence-electron chi connectivity index (χ3n) is 6.25. The lowest BCUT2D eigenvalue weighted by atomic mass is 10.2. The van der Waals surface area contributed by atoms with Gasteiger partial charge < -0.3 is 14.5 Å². The van der Waals surface area contributed by atoms with Crippen molar-refractivity contribution >= 4 is 74.4 Å². The van der Waals surface area contributed by atoms with E-state index < -0.39 is 15.9 Å². The fourth-order valence-corrected chi connectivity index (χ4v) is 5.71. The van der Waals surface area contributed by atoms with Crippen molar-refractivity contribution in [3.8, 4) is 5.75 Å². The summed E-state index contributed by atoms with van der Waals surface area (Å²) in [6, 6.07) is 23.4. The van der Waals surface area contributed by atoms with E-state index in [-0.39, 0.29) is 24.0 Å². The lowest BCUT2D eigenvalue weighted by molar-refractivity contribution is -0.122. The summed E-state index contributed by atoms with van der Waals surface area (Å²) in [6.07, 6.45) is 8.29. The topological polar surface area (TPSA) is 157 Å². The largest absolute Gasteiger partial charge is 0.483 e. The highest BCUT2D eigenvalue weighted by atomic mass is 35.5. The van der Waals surface area contributed by atoms with Gasteiger partial charge in [-0.25, -0.2) is 13.6 Å². The number of nitrogens with two attached hydrogens (primary N) is 1. The third-order valence-corrected chi connectivity index (χ3v) is 8.41. The van der Waals surface area contributed by atoms with Crippen LogP contribution in [0.5, 0.6) is 5.75 Å². The zero-order valence-corrected chi connectivity index (χ0v) is 26.3. The molecule has 14 heteroatoms. The van der Waals surface area contributed by atoms with E-state index in [0.717, 1.165) is 17.3 Å². The molecule has 4 aromatic rings. The summed E-state index contributed by atoms with van der Waals surface area (Å²) in [5.74, 6) is 0.0354. The number of ether oxygens (including phenoxy) is 1. The minimum absolute atomic E-state index is 0.0810. The van der Waals surface area contributed by atoms with Crippen LogP contribution in [0, 0.1) is 0 Å². The van der Waals surface area contributed by atoms with Crippen LogP contribution in [0.15, 0.2) is 122 Å². The van der Waals surface area contributed by atoms with Crippen molar-refractivity contribution in [1.82, 2.24) is 4.90 Å². The summed E-state index contributed by atoms with van der Waals surface area (Å²) in [5.41, 5.74) is 1.82. The predicted octanol–water partition coefficient (Wildman–Crippen LogP) is 5.77. The molecular weight excluding hydrogens is 650 g/mol. The Balaban J connectivity index is 1.32. The van der Waals surface area contributed by atoms with Crippen LogP contribution in [0.1, 0.15) is 16.9 Å². The molecule has 11 nitrogen and oxygen atoms in total. The van der Waals surface area contributed by atoms with Gasteiger partial charge in [-0.15, -0.1) is 5.10 Å². The van der Waals surface area contributed by atoms with E-state index in [4.69, 9.17) is 25.9 Å². The Morgan fingerprint density at radius 1 is 1.07 bits per heavy atom. The number of primary sulfonamides is 1. The Morgan fingerprint density at radius 2 is 1.85 bits per heavy atom. The monoisotopic (exact) mass is 675 g/mol. The number of anilines is 1. The quantitative estimate of drug-likeness (QED) is 0.116. The second-order valence-electron chi connectivity index (χ2n) is 9.59. The number of allylic oxidation sites excluding steroid dienone is 1. The number of amidine groups is 1. The van der Waals surface area contributed by atoms with E-state index in [1.54, 1.807) is 42.5 Å². The van der Waals surface area contributed by atoms with Gasteiger partial charge in [0.1, 0.15) is 11.5 Å². The number of nitrogens with zero attached hydrogens (tertiary/aromatic N) is 3. The average molecular weight is 676 g/mol. The molecule has 5 rings (SSSR count). The molecule has 0 aliphatic carbocycles. The maximum atomic E-state index is 13.5. The number of thioether (sulfide) groups is 1. The number of carbonyl (C=O) groups excluding carboxylic acids is 2. The van der Waals surface area contributed by atoms with E-state index in [2.05, 4.69) is 15.5 Å². The van der Waals surface area contributed by atoms with E-state index in [1.165, 1.54) is 41.6 Å². The lowest BCUT2D eigenvalue weighted by Gasteiger charge is -2.13. The van der Waals surface area contributed by atoms with Gasteiger partial charge in [-0.2, -0.15) is 5.10 Å². The molecule has 3 N–H and O–H groups in total. The number of rotatable bonds is 11. The molecule has 1 aliphatic heterocycles. The van der Waals surface area contributed by atoms with Crippen molar-refractivity contribution in [2.75, 3.05) is 11.9 Å². The van der Waals surface area contributed by atoms with Crippen LogP contribution in [0.3, 0.4) is 0 Å². The lowest BCUT2D eigenvalue weighted by Crippen LogP contribution is -2.28. The third kappa shape index (κ3) is 8.82. The molecule has 0 saturated carbocycles. The molecule has 2 amide bonds. The molecule has 0 radical (unpaired) electrons. The van der Waals surface area contributed by atoms with E-state index >= 15 is 0 Å². The molecule has 1 aromatic heterocycles. The molecule has 0 bridgehead atoms. The van der Waals surface area contributed by atoms with Gasteiger partial charge in [0.05, 0.1) is 22.6 Å².